The molecule has 0 aliphatic rings. The third-order valence-electron chi connectivity index (χ3n) is 3.27. The van der Waals surface area contributed by atoms with Crippen LogP contribution in [0.2, 0.25) is 0 Å². The van der Waals surface area contributed by atoms with E-state index in [1.165, 1.54) is 20.1 Å². The van der Waals surface area contributed by atoms with Gasteiger partial charge >= 0.3 is 0 Å². The first-order valence-corrected chi connectivity index (χ1v) is 7.95. The zero-order valence-corrected chi connectivity index (χ0v) is 14.3. The van der Waals surface area contributed by atoms with Gasteiger partial charge in [-0.05, 0) is 55.3 Å². The van der Waals surface area contributed by atoms with Gasteiger partial charge in [0, 0.05) is 0 Å². The highest BCUT2D eigenvalue weighted by Crippen LogP contribution is 2.11. The smallest absolute Gasteiger partial charge is 0.271 e. The molecule has 25 heavy (non-hydrogen) atoms. The molecule has 5 nitrogen and oxygen atoms in total. The zero-order valence-electron chi connectivity index (χ0n) is 14.3. The molecule has 5 heteroatoms. The van der Waals surface area contributed by atoms with E-state index in [0.29, 0.717) is 6.61 Å². The molecule has 0 bridgehead atoms. The summed E-state index contributed by atoms with van der Waals surface area (Å²) in [5.41, 5.74) is 2.77. The number of hydrazone groups is 1. The molecule has 0 aliphatic carbocycles. The van der Waals surface area contributed by atoms with Crippen LogP contribution in [0.4, 0.5) is 0 Å². The average Bonchev–Trinajstić information content (AvgIpc) is 2.60. The molecule has 0 radical (unpaired) electrons. The number of amides is 1. The molecule has 2 N–H and O–H groups in total. The van der Waals surface area contributed by atoms with Gasteiger partial charge in [-0.2, -0.15) is 5.10 Å². The Kier molecular flexibility index (Phi) is 6.48. The van der Waals surface area contributed by atoms with Crippen LogP contribution in [0.15, 0.2) is 65.8 Å². The van der Waals surface area contributed by atoms with E-state index in [9.17, 15) is 9.90 Å². The molecule has 0 saturated heterocycles. The van der Waals surface area contributed by atoms with Crippen LogP contribution in [0.25, 0.3) is 6.08 Å². The summed E-state index contributed by atoms with van der Waals surface area (Å²) in [7, 11) is 0. The lowest BCUT2D eigenvalue weighted by Gasteiger charge is -2.13. The lowest BCUT2D eigenvalue weighted by Crippen LogP contribution is -2.39. The van der Waals surface area contributed by atoms with E-state index in [2.05, 4.69) is 10.5 Å². The number of nitrogens with one attached hydrogen (secondary N) is 1. The van der Waals surface area contributed by atoms with Crippen LogP contribution < -0.4 is 10.2 Å². The second-order valence-corrected chi connectivity index (χ2v) is 5.95. The first-order valence-electron chi connectivity index (χ1n) is 7.95. The number of benzene rings is 2. The standard InChI is InChI=1S/C20H22N2O3/c1-20(2,24)19(23)22-21-15-17-10-12-18(13-11-17)25-14-6-9-16-7-4-3-5-8-16/h3-13,15,24H,14H2,1-2H3,(H,22,23)/b9-6+,21-15-. The minimum absolute atomic E-state index is 0.476. The third kappa shape index (κ3) is 6.61. The molecule has 0 aliphatic heterocycles. The van der Waals surface area contributed by atoms with E-state index in [1.54, 1.807) is 0 Å². The van der Waals surface area contributed by atoms with Crippen molar-refractivity contribution in [1.82, 2.24) is 5.43 Å². The molecular formula is C20H22N2O3. The lowest BCUT2D eigenvalue weighted by atomic mass is 10.1. The fourth-order valence-electron chi connectivity index (χ4n) is 1.85. The molecule has 0 spiro atoms. The van der Waals surface area contributed by atoms with Crippen LogP contribution in [0.1, 0.15) is 25.0 Å². The molecule has 0 unspecified atom stereocenters. The highest BCUT2D eigenvalue weighted by molar-refractivity contribution is 5.86. The van der Waals surface area contributed by atoms with E-state index in [-0.39, 0.29) is 0 Å². The van der Waals surface area contributed by atoms with Crippen LogP contribution in [0.3, 0.4) is 0 Å². The summed E-state index contributed by atoms with van der Waals surface area (Å²) >= 11 is 0. The van der Waals surface area contributed by atoms with Gasteiger partial charge in [0.2, 0.25) is 0 Å². The van der Waals surface area contributed by atoms with Gasteiger partial charge in [0.1, 0.15) is 18.0 Å². The summed E-state index contributed by atoms with van der Waals surface area (Å²) in [4.78, 5) is 11.5. The Morgan fingerprint density at radius 2 is 1.80 bits per heavy atom. The van der Waals surface area contributed by atoms with Gasteiger partial charge in [0.25, 0.3) is 5.91 Å². The average molecular weight is 338 g/mol. The summed E-state index contributed by atoms with van der Waals surface area (Å²) in [6.45, 7) is 3.27. The Labute approximate surface area is 147 Å². The third-order valence-corrected chi connectivity index (χ3v) is 3.27. The number of carbonyl (C=O) groups is 1. The predicted octanol–water partition coefficient (Wildman–Crippen LogP) is 3.00. The topological polar surface area (TPSA) is 70.9 Å². The summed E-state index contributed by atoms with van der Waals surface area (Å²) in [5, 5.41) is 13.3. The largest absolute Gasteiger partial charge is 0.490 e. The van der Waals surface area contributed by atoms with E-state index >= 15 is 0 Å². The van der Waals surface area contributed by atoms with Crippen molar-refractivity contribution in [3.05, 3.63) is 71.8 Å². The first kappa shape index (κ1) is 18.4. The van der Waals surface area contributed by atoms with Gasteiger partial charge in [-0.25, -0.2) is 5.43 Å². The summed E-state index contributed by atoms with van der Waals surface area (Å²) in [5.74, 6) is 0.185. The molecule has 0 heterocycles. The van der Waals surface area contributed by atoms with Gasteiger partial charge in [-0.15, -0.1) is 0 Å². The van der Waals surface area contributed by atoms with E-state index in [0.717, 1.165) is 16.9 Å². The van der Waals surface area contributed by atoms with Crippen LogP contribution in [0, 0.1) is 0 Å². The number of nitrogens with zero attached hydrogens (tertiary/aromatic N) is 1. The van der Waals surface area contributed by atoms with Crippen molar-refractivity contribution in [2.75, 3.05) is 6.61 Å². The minimum atomic E-state index is -1.46. The van der Waals surface area contributed by atoms with Crippen molar-refractivity contribution in [1.29, 1.82) is 0 Å². The number of ether oxygens (including phenoxy) is 1. The highest BCUT2D eigenvalue weighted by atomic mass is 16.5. The minimum Gasteiger partial charge on any atom is -0.490 e. The number of hydrogen-bond donors (Lipinski definition) is 2. The first-order chi connectivity index (χ1) is 11.9. The molecule has 130 valence electrons. The van der Waals surface area contributed by atoms with Crippen LogP contribution in [-0.2, 0) is 4.79 Å². The SMILES string of the molecule is CC(C)(O)C(=O)N/N=C\c1ccc(OC/C=C/c2ccccc2)cc1. The van der Waals surface area contributed by atoms with Gasteiger partial charge in [0.05, 0.1) is 6.21 Å². The predicted molar refractivity (Wildman–Crippen MR) is 99.4 cm³/mol. The number of carbonyl (C=O) groups excluding carboxylic acids is 1. The molecule has 2 rings (SSSR count). The summed E-state index contributed by atoms with van der Waals surface area (Å²) in [6, 6.07) is 17.3. The monoisotopic (exact) mass is 338 g/mol. The normalized spacial score (nSPS) is 11.8. The lowest BCUT2D eigenvalue weighted by molar-refractivity contribution is -0.136. The molecular weight excluding hydrogens is 316 g/mol. The zero-order chi connectivity index (χ0) is 18.1. The fourth-order valence-corrected chi connectivity index (χ4v) is 1.85. The van der Waals surface area contributed by atoms with Gasteiger partial charge in [0.15, 0.2) is 0 Å². The van der Waals surface area contributed by atoms with Gasteiger partial charge in [-0.1, -0.05) is 36.4 Å². The Morgan fingerprint density at radius 1 is 1.12 bits per heavy atom. The Morgan fingerprint density at radius 3 is 2.44 bits per heavy atom. The van der Waals surface area contributed by atoms with Crippen molar-refractivity contribution in [2.45, 2.75) is 19.4 Å². The number of aliphatic hydroxyl groups is 1. The second kappa shape index (κ2) is 8.80. The molecule has 0 atom stereocenters. The Bertz CT molecular complexity index is 730. The van der Waals surface area contributed by atoms with Crippen LogP contribution in [0.5, 0.6) is 5.75 Å². The Balaban J connectivity index is 1.80. The van der Waals surface area contributed by atoms with Crippen molar-refractivity contribution < 1.29 is 14.6 Å². The quantitative estimate of drug-likeness (QED) is 0.602. The molecule has 2 aromatic rings. The molecule has 0 fully saturated rings. The van der Waals surface area contributed by atoms with Crippen molar-refractivity contribution in [2.24, 2.45) is 5.10 Å². The van der Waals surface area contributed by atoms with Gasteiger partial charge < -0.3 is 9.84 Å². The van der Waals surface area contributed by atoms with Gasteiger partial charge in [-0.3, -0.25) is 4.79 Å². The maximum Gasteiger partial charge on any atom is 0.271 e. The van der Waals surface area contributed by atoms with Crippen molar-refractivity contribution in [3.8, 4) is 5.75 Å². The van der Waals surface area contributed by atoms with Crippen LogP contribution >= 0.6 is 0 Å². The molecule has 2 aromatic carbocycles. The summed E-state index contributed by atoms with van der Waals surface area (Å²) in [6.07, 6.45) is 5.46. The van der Waals surface area contributed by atoms with E-state index in [1.807, 2.05) is 66.7 Å². The molecule has 1 amide bonds. The van der Waals surface area contributed by atoms with Crippen molar-refractivity contribution >= 4 is 18.2 Å². The maximum atomic E-state index is 11.5. The summed E-state index contributed by atoms with van der Waals surface area (Å²) < 4.78 is 5.64. The number of rotatable bonds is 7. The van der Waals surface area contributed by atoms with E-state index in [4.69, 9.17) is 4.74 Å². The van der Waals surface area contributed by atoms with Crippen molar-refractivity contribution in [3.63, 3.8) is 0 Å². The van der Waals surface area contributed by atoms with E-state index < -0.39 is 11.5 Å². The number of hydrogen-bond acceptors (Lipinski definition) is 4. The maximum absolute atomic E-state index is 11.5. The fraction of sp³-hybridized carbons (Fsp3) is 0.200. The highest BCUT2D eigenvalue weighted by Gasteiger charge is 2.22. The molecule has 0 aromatic heterocycles. The second-order valence-electron chi connectivity index (χ2n) is 5.95. The molecule has 0 saturated carbocycles. The Hall–Kier alpha value is -2.92. The van der Waals surface area contributed by atoms with Crippen LogP contribution in [-0.4, -0.2) is 29.4 Å².